The second-order valence-electron chi connectivity index (χ2n) is 5.56. The Labute approximate surface area is 123 Å². The van der Waals surface area contributed by atoms with E-state index in [4.69, 9.17) is 4.74 Å². The summed E-state index contributed by atoms with van der Waals surface area (Å²) in [7, 11) is 0. The van der Waals surface area contributed by atoms with Crippen molar-refractivity contribution >= 4 is 22.5 Å². The number of rotatable bonds is 4. The van der Waals surface area contributed by atoms with Gasteiger partial charge in [0.15, 0.2) is 0 Å². The van der Waals surface area contributed by atoms with Crippen LogP contribution in [0.15, 0.2) is 0 Å². The first kappa shape index (κ1) is 15.2. The van der Waals surface area contributed by atoms with Crippen molar-refractivity contribution in [3.8, 4) is 0 Å². The van der Waals surface area contributed by atoms with Crippen molar-refractivity contribution in [2.75, 3.05) is 25.0 Å². The van der Waals surface area contributed by atoms with Gasteiger partial charge in [-0.15, -0.1) is 10.2 Å². The summed E-state index contributed by atoms with van der Waals surface area (Å²) in [6.07, 6.45) is 3.15. The Hall–Kier alpha value is -1.21. The van der Waals surface area contributed by atoms with Gasteiger partial charge in [-0.05, 0) is 20.3 Å². The third-order valence-electron chi connectivity index (χ3n) is 3.14. The first-order chi connectivity index (χ1) is 9.50. The molecule has 0 radical (unpaired) electrons. The third kappa shape index (κ3) is 4.14. The molecule has 1 aliphatic heterocycles. The number of morpholine rings is 1. The van der Waals surface area contributed by atoms with Crippen molar-refractivity contribution in [3.63, 3.8) is 0 Å². The first-order valence-corrected chi connectivity index (χ1v) is 7.84. The maximum absolute atomic E-state index is 12.2. The van der Waals surface area contributed by atoms with Gasteiger partial charge in [0.1, 0.15) is 5.01 Å². The standard InChI is InChI=1S/C13H22N4O2S/c1-4-5-6-10-15-16-11(20-10)14-12(18)17-7-8-19-13(2,3)9-17/h4-9H2,1-3H3,(H,14,16,18). The van der Waals surface area contributed by atoms with Crippen LogP contribution in [0.4, 0.5) is 9.93 Å². The molecule has 0 aliphatic carbocycles. The first-order valence-electron chi connectivity index (χ1n) is 7.02. The monoisotopic (exact) mass is 298 g/mol. The molecule has 1 aromatic rings. The van der Waals surface area contributed by atoms with E-state index < -0.39 is 0 Å². The highest BCUT2D eigenvalue weighted by atomic mass is 32.1. The largest absolute Gasteiger partial charge is 0.372 e. The predicted octanol–water partition coefficient (Wildman–Crippen LogP) is 2.52. The summed E-state index contributed by atoms with van der Waals surface area (Å²) in [6, 6.07) is -0.125. The number of anilines is 1. The number of amides is 2. The fourth-order valence-electron chi connectivity index (χ4n) is 2.09. The molecule has 0 bridgehead atoms. The number of nitrogens with zero attached hydrogens (tertiary/aromatic N) is 3. The van der Waals surface area contributed by atoms with Crippen molar-refractivity contribution in [2.24, 2.45) is 0 Å². The van der Waals surface area contributed by atoms with E-state index in [1.807, 2.05) is 13.8 Å². The number of unbranched alkanes of at least 4 members (excludes halogenated alkanes) is 1. The minimum absolute atomic E-state index is 0.125. The smallest absolute Gasteiger partial charge is 0.323 e. The number of ether oxygens (including phenoxy) is 1. The van der Waals surface area contributed by atoms with Crippen LogP contribution in [-0.4, -0.2) is 46.4 Å². The number of aromatic nitrogens is 2. The van der Waals surface area contributed by atoms with Crippen LogP contribution in [0.3, 0.4) is 0 Å². The Bertz CT molecular complexity index is 461. The van der Waals surface area contributed by atoms with E-state index in [1.54, 1.807) is 4.90 Å². The second-order valence-corrected chi connectivity index (χ2v) is 6.63. The molecular weight excluding hydrogens is 276 g/mol. The molecule has 20 heavy (non-hydrogen) atoms. The normalized spacial score (nSPS) is 18.1. The van der Waals surface area contributed by atoms with E-state index in [2.05, 4.69) is 22.4 Å². The second kappa shape index (κ2) is 6.49. The number of nitrogens with one attached hydrogen (secondary N) is 1. The number of hydrogen-bond acceptors (Lipinski definition) is 5. The zero-order valence-corrected chi connectivity index (χ0v) is 13.1. The van der Waals surface area contributed by atoms with E-state index in [0.717, 1.165) is 24.3 Å². The van der Waals surface area contributed by atoms with E-state index in [-0.39, 0.29) is 11.6 Å². The minimum atomic E-state index is -0.289. The number of hydrogen-bond donors (Lipinski definition) is 1. The maximum Gasteiger partial charge on any atom is 0.323 e. The van der Waals surface area contributed by atoms with Crippen molar-refractivity contribution in [1.82, 2.24) is 15.1 Å². The van der Waals surface area contributed by atoms with Gasteiger partial charge < -0.3 is 9.64 Å². The lowest BCUT2D eigenvalue weighted by molar-refractivity contribution is -0.0720. The Morgan fingerprint density at radius 1 is 1.50 bits per heavy atom. The molecule has 6 nitrogen and oxygen atoms in total. The molecule has 1 fully saturated rings. The molecule has 2 amide bonds. The lowest BCUT2D eigenvalue weighted by Gasteiger charge is -2.37. The van der Waals surface area contributed by atoms with Gasteiger partial charge in [0, 0.05) is 13.0 Å². The molecule has 0 saturated carbocycles. The fourth-order valence-corrected chi connectivity index (χ4v) is 2.86. The molecule has 0 aromatic carbocycles. The average Bonchev–Trinajstić information content (AvgIpc) is 2.82. The number of carbonyl (C=O) groups excluding carboxylic acids is 1. The Morgan fingerprint density at radius 2 is 2.30 bits per heavy atom. The molecule has 2 heterocycles. The SMILES string of the molecule is CCCCc1nnc(NC(=O)N2CCOC(C)(C)C2)s1. The van der Waals surface area contributed by atoms with Crippen LogP contribution in [0, 0.1) is 0 Å². The highest BCUT2D eigenvalue weighted by molar-refractivity contribution is 7.15. The van der Waals surface area contributed by atoms with Crippen LogP contribution in [0.5, 0.6) is 0 Å². The van der Waals surface area contributed by atoms with Gasteiger partial charge in [-0.2, -0.15) is 0 Å². The summed E-state index contributed by atoms with van der Waals surface area (Å²) in [5, 5.41) is 12.5. The van der Waals surface area contributed by atoms with Crippen molar-refractivity contribution in [1.29, 1.82) is 0 Å². The molecule has 112 valence electrons. The van der Waals surface area contributed by atoms with Crippen LogP contribution >= 0.6 is 11.3 Å². The van der Waals surface area contributed by atoms with Crippen LogP contribution in [0.2, 0.25) is 0 Å². The summed E-state index contributed by atoms with van der Waals surface area (Å²) >= 11 is 1.45. The number of urea groups is 1. The Kier molecular flexibility index (Phi) is 4.93. The molecule has 0 spiro atoms. The lowest BCUT2D eigenvalue weighted by Crippen LogP contribution is -2.51. The zero-order chi connectivity index (χ0) is 14.6. The van der Waals surface area contributed by atoms with Gasteiger partial charge in [-0.25, -0.2) is 4.79 Å². The van der Waals surface area contributed by atoms with Gasteiger partial charge >= 0.3 is 6.03 Å². The summed E-state index contributed by atoms with van der Waals surface area (Å²) < 4.78 is 5.60. The molecular formula is C13H22N4O2S. The van der Waals surface area contributed by atoms with Gasteiger partial charge in [0.2, 0.25) is 5.13 Å². The number of carbonyl (C=O) groups is 1. The van der Waals surface area contributed by atoms with Gasteiger partial charge in [-0.1, -0.05) is 24.7 Å². The molecule has 7 heteroatoms. The molecule has 1 N–H and O–H groups in total. The maximum atomic E-state index is 12.2. The molecule has 1 aliphatic rings. The van der Waals surface area contributed by atoms with Crippen LogP contribution < -0.4 is 5.32 Å². The Morgan fingerprint density at radius 3 is 3.00 bits per heavy atom. The molecule has 0 unspecified atom stereocenters. The molecule has 0 atom stereocenters. The van der Waals surface area contributed by atoms with Crippen molar-refractivity contribution < 1.29 is 9.53 Å². The number of aryl methyl sites for hydroxylation is 1. The lowest BCUT2D eigenvalue weighted by atomic mass is 10.1. The molecule has 1 aromatic heterocycles. The van der Waals surface area contributed by atoms with E-state index in [9.17, 15) is 4.79 Å². The van der Waals surface area contributed by atoms with E-state index in [1.165, 1.54) is 11.3 Å². The summed E-state index contributed by atoms with van der Waals surface area (Å²) in [4.78, 5) is 13.9. The van der Waals surface area contributed by atoms with Crippen LogP contribution in [0.1, 0.15) is 38.6 Å². The van der Waals surface area contributed by atoms with Crippen molar-refractivity contribution in [2.45, 2.75) is 45.6 Å². The van der Waals surface area contributed by atoms with Crippen LogP contribution in [0.25, 0.3) is 0 Å². The van der Waals surface area contributed by atoms with Crippen LogP contribution in [-0.2, 0) is 11.2 Å². The van der Waals surface area contributed by atoms with Gasteiger partial charge in [0.25, 0.3) is 0 Å². The molecule has 1 saturated heterocycles. The molecule has 2 rings (SSSR count). The Balaban J connectivity index is 1.89. The van der Waals surface area contributed by atoms with E-state index >= 15 is 0 Å². The average molecular weight is 298 g/mol. The zero-order valence-electron chi connectivity index (χ0n) is 12.3. The van der Waals surface area contributed by atoms with Gasteiger partial charge in [-0.3, -0.25) is 5.32 Å². The fraction of sp³-hybridized carbons (Fsp3) is 0.769. The minimum Gasteiger partial charge on any atom is -0.372 e. The van der Waals surface area contributed by atoms with E-state index in [0.29, 0.717) is 24.8 Å². The van der Waals surface area contributed by atoms with Crippen molar-refractivity contribution in [3.05, 3.63) is 5.01 Å². The van der Waals surface area contributed by atoms with Gasteiger partial charge in [0.05, 0.1) is 18.8 Å². The highest BCUT2D eigenvalue weighted by Gasteiger charge is 2.30. The quantitative estimate of drug-likeness (QED) is 0.927. The summed E-state index contributed by atoms with van der Waals surface area (Å²) in [5.41, 5.74) is -0.289. The highest BCUT2D eigenvalue weighted by Crippen LogP contribution is 2.20. The predicted molar refractivity (Wildman–Crippen MR) is 79.1 cm³/mol. The third-order valence-corrected chi connectivity index (χ3v) is 4.04. The topological polar surface area (TPSA) is 67.4 Å². The summed E-state index contributed by atoms with van der Waals surface area (Å²) in [5.74, 6) is 0. The summed E-state index contributed by atoms with van der Waals surface area (Å²) in [6.45, 7) is 7.87.